The van der Waals surface area contributed by atoms with Crippen LogP contribution < -0.4 is 10.2 Å². The summed E-state index contributed by atoms with van der Waals surface area (Å²) in [6, 6.07) is 8.05. The molecule has 0 aliphatic heterocycles. The van der Waals surface area contributed by atoms with Crippen molar-refractivity contribution >= 4 is 0 Å². The Balaban J connectivity index is 0.000000267. The molecule has 4 aromatic heterocycles. The Labute approximate surface area is 248 Å². The molecule has 0 aromatic carbocycles. The van der Waals surface area contributed by atoms with Gasteiger partial charge in [-0.25, -0.2) is 19.9 Å². The van der Waals surface area contributed by atoms with Gasteiger partial charge in [0.1, 0.15) is 12.7 Å². The summed E-state index contributed by atoms with van der Waals surface area (Å²) >= 11 is 0. The van der Waals surface area contributed by atoms with E-state index >= 15 is 0 Å². The largest absolute Gasteiger partial charge is 2.00 e. The van der Waals surface area contributed by atoms with Gasteiger partial charge in [-0.15, -0.1) is 0 Å². The van der Waals surface area contributed by atoms with Gasteiger partial charge in [0.25, 0.3) is 0 Å². The normalized spacial score (nSPS) is 11.8. The third-order valence-corrected chi connectivity index (χ3v) is 5.82. The minimum absolute atomic E-state index is 0. The fourth-order valence-corrected chi connectivity index (χ4v) is 3.71. The van der Waals surface area contributed by atoms with E-state index in [2.05, 4.69) is 110 Å². The van der Waals surface area contributed by atoms with Crippen molar-refractivity contribution in [2.75, 3.05) is 0 Å². The van der Waals surface area contributed by atoms with Gasteiger partial charge in [0.2, 0.25) is 0 Å². The maximum Gasteiger partial charge on any atom is 2.00 e. The second-order valence-corrected chi connectivity index (χ2v) is 12.7. The van der Waals surface area contributed by atoms with Crippen molar-refractivity contribution in [2.45, 2.75) is 92.9 Å². The summed E-state index contributed by atoms with van der Waals surface area (Å²) in [7, 11) is 0. The van der Waals surface area contributed by atoms with Crippen molar-refractivity contribution in [3.63, 3.8) is 0 Å². The molecule has 0 N–H and O–H groups in total. The third kappa shape index (κ3) is 9.75. The summed E-state index contributed by atoms with van der Waals surface area (Å²) in [5.74, 6) is 1.16. The van der Waals surface area contributed by atoms with Gasteiger partial charge in [-0.2, -0.15) is 0 Å². The van der Waals surface area contributed by atoms with Crippen LogP contribution in [-0.4, -0.2) is 30.1 Å². The minimum Gasteiger partial charge on any atom is -0.573 e. The molecule has 4 heterocycles. The molecule has 0 atom stereocenters. The maximum absolute atomic E-state index is 4.30. The zero-order valence-electron chi connectivity index (χ0n) is 24.9. The predicted octanol–water partition coefficient (Wildman–Crippen LogP) is 5.98. The van der Waals surface area contributed by atoms with E-state index in [1.807, 2.05) is 24.3 Å². The molecule has 212 valence electrons. The molecular weight excluding hydrogens is 667 g/mol. The van der Waals surface area contributed by atoms with Gasteiger partial charge in [-0.05, 0) is 36.8 Å². The monoisotopic (exact) mass is 709 g/mol. The Morgan fingerprint density at radius 1 is 0.590 bits per heavy atom. The number of hydrogen-bond donors (Lipinski definition) is 0. The van der Waals surface area contributed by atoms with Crippen LogP contribution in [0.2, 0.25) is 0 Å². The molecule has 0 radical (unpaired) electrons. The van der Waals surface area contributed by atoms with Gasteiger partial charge in [0, 0.05) is 33.6 Å². The molecule has 4 rings (SSSR count). The summed E-state index contributed by atoms with van der Waals surface area (Å²) in [6.45, 7) is 21.5. The first-order valence-electron chi connectivity index (χ1n) is 13.4. The SMILES string of the molecule is CC(C)Cc1cc(-c2cc(C(C)(C)C)n[n-]2)ncn1.CC(C)Cc1cc(-c2cc(C(C)(C)C)n[n-]2)ncn1.[Pt+2]. The molecule has 0 bridgehead atoms. The Morgan fingerprint density at radius 2 is 0.949 bits per heavy atom. The van der Waals surface area contributed by atoms with Crippen LogP contribution in [0.15, 0.2) is 36.9 Å². The molecular formula is C30H42N8Pt. The summed E-state index contributed by atoms with van der Waals surface area (Å²) in [5.41, 5.74) is 7.49. The molecule has 0 aliphatic rings. The molecule has 39 heavy (non-hydrogen) atoms. The fourth-order valence-electron chi connectivity index (χ4n) is 3.71. The van der Waals surface area contributed by atoms with Crippen LogP contribution in [0.5, 0.6) is 0 Å². The minimum atomic E-state index is 0. The molecule has 9 heteroatoms. The Morgan fingerprint density at radius 3 is 1.23 bits per heavy atom. The zero-order valence-corrected chi connectivity index (χ0v) is 27.2. The number of rotatable bonds is 6. The molecule has 4 aromatic rings. The zero-order chi connectivity index (χ0) is 28.1. The van der Waals surface area contributed by atoms with Crippen LogP contribution in [0.25, 0.3) is 22.8 Å². The molecule has 0 saturated carbocycles. The molecule has 0 spiro atoms. The van der Waals surface area contributed by atoms with Gasteiger partial charge in [0.05, 0.1) is 11.4 Å². The first-order chi connectivity index (χ1) is 17.7. The van der Waals surface area contributed by atoms with Gasteiger partial charge >= 0.3 is 21.1 Å². The first kappa shape index (κ1) is 32.5. The molecule has 0 unspecified atom stereocenters. The second kappa shape index (κ2) is 13.6. The molecule has 0 aliphatic carbocycles. The summed E-state index contributed by atoms with van der Waals surface area (Å²) < 4.78 is 0. The van der Waals surface area contributed by atoms with E-state index in [1.165, 1.54) is 0 Å². The molecule has 0 amide bonds. The average molecular weight is 710 g/mol. The number of nitrogens with zero attached hydrogens (tertiary/aromatic N) is 8. The van der Waals surface area contributed by atoms with Crippen molar-refractivity contribution in [2.24, 2.45) is 11.8 Å². The van der Waals surface area contributed by atoms with Crippen molar-refractivity contribution in [3.05, 3.63) is 59.7 Å². The smallest absolute Gasteiger partial charge is 0.573 e. The molecule has 0 fully saturated rings. The third-order valence-electron chi connectivity index (χ3n) is 5.82. The Bertz CT molecular complexity index is 1210. The first-order valence-corrected chi connectivity index (χ1v) is 13.4. The maximum atomic E-state index is 4.30. The van der Waals surface area contributed by atoms with Crippen LogP contribution in [0.3, 0.4) is 0 Å². The van der Waals surface area contributed by atoms with Crippen LogP contribution >= 0.6 is 0 Å². The van der Waals surface area contributed by atoms with E-state index < -0.39 is 0 Å². The van der Waals surface area contributed by atoms with Crippen LogP contribution in [-0.2, 0) is 44.7 Å². The predicted molar refractivity (Wildman–Crippen MR) is 152 cm³/mol. The van der Waals surface area contributed by atoms with Crippen molar-refractivity contribution in [1.82, 2.24) is 40.3 Å². The van der Waals surface area contributed by atoms with Crippen molar-refractivity contribution in [1.29, 1.82) is 0 Å². The van der Waals surface area contributed by atoms with Crippen LogP contribution in [0.1, 0.15) is 92.0 Å². The van der Waals surface area contributed by atoms with E-state index in [0.29, 0.717) is 11.8 Å². The van der Waals surface area contributed by atoms with Gasteiger partial charge in [-0.1, -0.05) is 92.8 Å². The van der Waals surface area contributed by atoms with Gasteiger partial charge in [-0.3, -0.25) is 0 Å². The van der Waals surface area contributed by atoms with Gasteiger partial charge < -0.3 is 20.4 Å². The molecule has 8 nitrogen and oxygen atoms in total. The Kier molecular flexibility index (Phi) is 11.3. The quantitative estimate of drug-likeness (QED) is 0.241. The second-order valence-electron chi connectivity index (χ2n) is 12.7. The topological polar surface area (TPSA) is 106 Å². The number of aromatic nitrogens is 8. The molecule has 0 saturated heterocycles. The van der Waals surface area contributed by atoms with Crippen LogP contribution in [0.4, 0.5) is 0 Å². The van der Waals surface area contributed by atoms with E-state index in [9.17, 15) is 0 Å². The van der Waals surface area contributed by atoms with Crippen molar-refractivity contribution in [3.8, 4) is 22.8 Å². The number of hydrogen-bond acceptors (Lipinski definition) is 6. The van der Waals surface area contributed by atoms with Gasteiger partial charge in [0.15, 0.2) is 0 Å². The van der Waals surface area contributed by atoms with Crippen LogP contribution in [0, 0.1) is 11.8 Å². The average Bonchev–Trinajstić information content (AvgIpc) is 3.49. The van der Waals surface area contributed by atoms with Crippen molar-refractivity contribution < 1.29 is 21.1 Å². The van der Waals surface area contributed by atoms with E-state index in [0.717, 1.165) is 58.4 Å². The summed E-state index contributed by atoms with van der Waals surface area (Å²) in [6.07, 6.45) is 5.13. The van der Waals surface area contributed by atoms with E-state index in [-0.39, 0.29) is 31.9 Å². The Hall–Kier alpha value is -2.73. The standard InChI is InChI=1S/2C15H21N4.Pt/c2*1-10(2)6-11-7-12(17-9-16-11)13-8-14(19-18-13)15(3,4)5;/h2*7-10H,6H2,1-5H3;/q2*-1;+2. The summed E-state index contributed by atoms with van der Waals surface area (Å²) in [5, 5.41) is 17.0. The summed E-state index contributed by atoms with van der Waals surface area (Å²) in [4.78, 5) is 17.2. The van der Waals surface area contributed by atoms with E-state index in [1.54, 1.807) is 12.7 Å². The fraction of sp³-hybridized carbons (Fsp3) is 0.533. The van der Waals surface area contributed by atoms with E-state index in [4.69, 9.17) is 0 Å².